The summed E-state index contributed by atoms with van der Waals surface area (Å²) in [5, 5.41) is 12.3. The van der Waals surface area contributed by atoms with Gasteiger partial charge in [0, 0.05) is 19.3 Å². The largest absolute Gasteiger partial charge is 0.367 e. The first kappa shape index (κ1) is 13.1. The zero-order valence-corrected chi connectivity index (χ0v) is 11.7. The molecule has 3 aromatic rings. The Bertz CT molecular complexity index is 813. The summed E-state index contributed by atoms with van der Waals surface area (Å²) in [6.45, 7) is 3.46. The van der Waals surface area contributed by atoms with Crippen molar-refractivity contribution in [2.24, 2.45) is 0 Å². The first-order valence-electron chi connectivity index (χ1n) is 6.80. The summed E-state index contributed by atoms with van der Waals surface area (Å²) in [7, 11) is 0. The Morgan fingerprint density at radius 2 is 2.10 bits per heavy atom. The lowest BCUT2D eigenvalue weighted by Gasteiger charge is -2.09. The first-order valence-corrected chi connectivity index (χ1v) is 6.80. The first-order chi connectivity index (χ1) is 10.3. The van der Waals surface area contributed by atoms with Crippen molar-refractivity contribution in [3.63, 3.8) is 0 Å². The highest BCUT2D eigenvalue weighted by Gasteiger charge is 2.07. The van der Waals surface area contributed by atoms with Crippen molar-refractivity contribution < 1.29 is 0 Å². The minimum absolute atomic E-state index is 0.560. The van der Waals surface area contributed by atoms with Crippen molar-refractivity contribution in [2.75, 3.05) is 11.9 Å². The molecule has 0 spiro atoms. The number of hydrogen-bond acceptors (Lipinski definition) is 4. The molecule has 0 amide bonds. The van der Waals surface area contributed by atoms with Crippen LogP contribution in [0.5, 0.6) is 0 Å². The molecule has 1 aromatic carbocycles. The normalized spacial score (nSPS) is 10.5. The molecule has 0 aliphatic heterocycles. The van der Waals surface area contributed by atoms with Crippen molar-refractivity contribution in [1.82, 2.24) is 14.5 Å². The second-order valence-electron chi connectivity index (χ2n) is 4.74. The summed E-state index contributed by atoms with van der Waals surface area (Å²) in [6, 6.07) is 13.7. The van der Waals surface area contributed by atoms with Gasteiger partial charge in [-0.05, 0) is 31.2 Å². The highest BCUT2D eigenvalue weighted by molar-refractivity contribution is 5.75. The molecular formula is C16H15N5. The summed E-state index contributed by atoms with van der Waals surface area (Å²) < 4.78 is 2.16. The van der Waals surface area contributed by atoms with Gasteiger partial charge in [0.05, 0.1) is 16.6 Å². The van der Waals surface area contributed by atoms with Gasteiger partial charge in [0.15, 0.2) is 0 Å². The third-order valence-electron chi connectivity index (χ3n) is 3.40. The van der Waals surface area contributed by atoms with E-state index in [9.17, 15) is 0 Å². The summed E-state index contributed by atoms with van der Waals surface area (Å²) >= 11 is 0. The van der Waals surface area contributed by atoms with Gasteiger partial charge in [0.25, 0.3) is 0 Å². The number of nitrogens with zero attached hydrogens (tertiary/aromatic N) is 4. The molecule has 2 aromatic heterocycles. The van der Waals surface area contributed by atoms with Gasteiger partial charge in [-0.1, -0.05) is 12.1 Å². The average molecular weight is 277 g/mol. The SMILES string of the molecule is Cc1nc2ccccc2n1CCNc1ncccc1C#N. The Hall–Kier alpha value is -2.87. The topological polar surface area (TPSA) is 66.5 Å². The minimum atomic E-state index is 0.560. The molecule has 0 saturated carbocycles. The number of anilines is 1. The number of pyridine rings is 1. The molecule has 5 heteroatoms. The van der Waals surface area contributed by atoms with E-state index in [0.717, 1.165) is 23.4 Å². The van der Waals surface area contributed by atoms with Crippen LogP contribution < -0.4 is 5.32 Å². The number of nitrogens with one attached hydrogen (secondary N) is 1. The Balaban J connectivity index is 1.76. The maximum Gasteiger partial charge on any atom is 0.143 e. The molecule has 21 heavy (non-hydrogen) atoms. The predicted molar refractivity (Wildman–Crippen MR) is 81.9 cm³/mol. The summed E-state index contributed by atoms with van der Waals surface area (Å²) in [4.78, 5) is 8.73. The third kappa shape index (κ3) is 2.56. The number of hydrogen-bond donors (Lipinski definition) is 1. The molecule has 1 N–H and O–H groups in total. The summed E-state index contributed by atoms with van der Waals surface area (Å²) in [5.41, 5.74) is 2.69. The number of aromatic nitrogens is 3. The van der Waals surface area contributed by atoms with Crippen LogP contribution in [0.3, 0.4) is 0 Å². The second-order valence-corrected chi connectivity index (χ2v) is 4.74. The van der Waals surface area contributed by atoms with Crippen LogP contribution in [-0.4, -0.2) is 21.1 Å². The van der Waals surface area contributed by atoms with Crippen LogP contribution in [0, 0.1) is 18.3 Å². The van der Waals surface area contributed by atoms with E-state index >= 15 is 0 Å². The molecule has 3 rings (SSSR count). The summed E-state index contributed by atoms with van der Waals surface area (Å²) in [5.74, 6) is 1.61. The predicted octanol–water partition coefficient (Wildman–Crippen LogP) is 2.72. The molecule has 0 unspecified atom stereocenters. The molecule has 0 atom stereocenters. The van der Waals surface area contributed by atoms with E-state index in [1.807, 2.05) is 25.1 Å². The van der Waals surface area contributed by atoms with E-state index in [2.05, 4.69) is 32.0 Å². The van der Waals surface area contributed by atoms with Gasteiger partial charge >= 0.3 is 0 Å². The lowest BCUT2D eigenvalue weighted by atomic mass is 10.3. The number of nitriles is 1. The van der Waals surface area contributed by atoms with Crippen LogP contribution >= 0.6 is 0 Å². The smallest absolute Gasteiger partial charge is 0.143 e. The van der Waals surface area contributed by atoms with Crippen LogP contribution in [0.2, 0.25) is 0 Å². The van der Waals surface area contributed by atoms with E-state index in [1.165, 1.54) is 0 Å². The maximum atomic E-state index is 9.04. The number of para-hydroxylation sites is 2. The number of rotatable bonds is 4. The maximum absolute atomic E-state index is 9.04. The van der Waals surface area contributed by atoms with E-state index in [0.29, 0.717) is 17.9 Å². The lowest BCUT2D eigenvalue weighted by molar-refractivity contribution is 0.720. The van der Waals surface area contributed by atoms with Gasteiger partial charge in [-0.2, -0.15) is 5.26 Å². The van der Waals surface area contributed by atoms with Gasteiger partial charge in [0.2, 0.25) is 0 Å². The van der Waals surface area contributed by atoms with Gasteiger partial charge in [-0.3, -0.25) is 0 Å². The van der Waals surface area contributed by atoms with Gasteiger partial charge in [0.1, 0.15) is 17.7 Å². The average Bonchev–Trinajstić information content (AvgIpc) is 2.84. The van der Waals surface area contributed by atoms with Crippen molar-refractivity contribution >= 4 is 16.9 Å². The van der Waals surface area contributed by atoms with Gasteiger partial charge < -0.3 is 9.88 Å². The highest BCUT2D eigenvalue weighted by atomic mass is 15.1. The van der Waals surface area contributed by atoms with Crippen LogP contribution in [0.4, 0.5) is 5.82 Å². The molecule has 0 saturated heterocycles. The molecule has 0 fully saturated rings. The Morgan fingerprint density at radius 3 is 2.95 bits per heavy atom. The molecule has 104 valence electrons. The monoisotopic (exact) mass is 277 g/mol. The molecule has 0 aliphatic rings. The quantitative estimate of drug-likeness (QED) is 0.796. The third-order valence-corrected chi connectivity index (χ3v) is 3.40. The summed E-state index contributed by atoms with van der Waals surface area (Å²) in [6.07, 6.45) is 1.68. The molecule has 5 nitrogen and oxygen atoms in total. The van der Waals surface area contributed by atoms with Gasteiger partial charge in [-0.15, -0.1) is 0 Å². The van der Waals surface area contributed by atoms with E-state index in [1.54, 1.807) is 18.3 Å². The fraction of sp³-hybridized carbons (Fsp3) is 0.188. The van der Waals surface area contributed by atoms with E-state index in [4.69, 9.17) is 5.26 Å². The van der Waals surface area contributed by atoms with Crippen molar-refractivity contribution in [3.8, 4) is 6.07 Å². The number of benzene rings is 1. The second kappa shape index (κ2) is 5.63. The number of imidazole rings is 1. The molecule has 0 radical (unpaired) electrons. The fourth-order valence-corrected chi connectivity index (χ4v) is 2.40. The van der Waals surface area contributed by atoms with Crippen LogP contribution in [0.15, 0.2) is 42.6 Å². The molecule has 2 heterocycles. The zero-order valence-electron chi connectivity index (χ0n) is 11.7. The van der Waals surface area contributed by atoms with Crippen LogP contribution in [-0.2, 0) is 6.54 Å². The number of aryl methyl sites for hydroxylation is 1. The van der Waals surface area contributed by atoms with Crippen molar-refractivity contribution in [2.45, 2.75) is 13.5 Å². The lowest BCUT2D eigenvalue weighted by Crippen LogP contribution is -2.13. The van der Waals surface area contributed by atoms with E-state index in [-0.39, 0.29) is 0 Å². The highest BCUT2D eigenvalue weighted by Crippen LogP contribution is 2.15. The fourth-order valence-electron chi connectivity index (χ4n) is 2.40. The van der Waals surface area contributed by atoms with Crippen molar-refractivity contribution in [1.29, 1.82) is 5.26 Å². The molecule has 0 bridgehead atoms. The van der Waals surface area contributed by atoms with Crippen LogP contribution in [0.1, 0.15) is 11.4 Å². The zero-order chi connectivity index (χ0) is 14.7. The van der Waals surface area contributed by atoms with Crippen molar-refractivity contribution in [3.05, 3.63) is 54.0 Å². The Kier molecular flexibility index (Phi) is 3.52. The van der Waals surface area contributed by atoms with E-state index < -0.39 is 0 Å². The standard InChI is InChI=1S/C16H15N5/c1-12-20-14-6-2-3-7-15(14)21(12)10-9-19-16-13(11-17)5-4-8-18-16/h2-8H,9-10H2,1H3,(H,18,19). The van der Waals surface area contributed by atoms with Crippen LogP contribution in [0.25, 0.3) is 11.0 Å². The Morgan fingerprint density at radius 1 is 1.24 bits per heavy atom. The number of fused-ring (bicyclic) bond motifs is 1. The molecular weight excluding hydrogens is 262 g/mol. The Labute approximate surface area is 122 Å². The van der Waals surface area contributed by atoms with Gasteiger partial charge in [-0.25, -0.2) is 9.97 Å². The molecule has 0 aliphatic carbocycles. The minimum Gasteiger partial charge on any atom is -0.367 e.